The van der Waals surface area contributed by atoms with E-state index in [9.17, 15) is 4.79 Å². The highest BCUT2D eigenvalue weighted by Gasteiger charge is 2.22. The van der Waals surface area contributed by atoms with Crippen molar-refractivity contribution in [2.45, 2.75) is 58.9 Å². The summed E-state index contributed by atoms with van der Waals surface area (Å²) in [5.41, 5.74) is 0. The molecule has 15 heavy (non-hydrogen) atoms. The van der Waals surface area contributed by atoms with Gasteiger partial charge in [0.1, 0.15) is 5.78 Å². The van der Waals surface area contributed by atoms with Crippen molar-refractivity contribution in [1.29, 1.82) is 0 Å². The lowest BCUT2D eigenvalue weighted by Gasteiger charge is -2.25. The van der Waals surface area contributed by atoms with Crippen molar-refractivity contribution in [3.05, 3.63) is 0 Å². The van der Waals surface area contributed by atoms with Crippen molar-refractivity contribution in [1.82, 2.24) is 4.90 Å². The predicted octanol–water partition coefficient (Wildman–Crippen LogP) is 2.87. The van der Waals surface area contributed by atoms with Gasteiger partial charge in [0, 0.05) is 0 Å². The van der Waals surface area contributed by atoms with E-state index in [1.54, 1.807) is 6.92 Å². The van der Waals surface area contributed by atoms with Crippen LogP contribution in [0, 0.1) is 5.92 Å². The third-order valence-corrected chi connectivity index (χ3v) is 3.72. The Hall–Kier alpha value is -0.370. The topological polar surface area (TPSA) is 20.3 Å². The maximum absolute atomic E-state index is 11.3. The Kier molecular flexibility index (Phi) is 5.30. The fourth-order valence-electron chi connectivity index (χ4n) is 2.53. The molecular weight excluding hydrogens is 186 g/mol. The first-order chi connectivity index (χ1) is 7.15. The number of nitrogens with zero attached hydrogens (tertiary/aromatic N) is 1. The van der Waals surface area contributed by atoms with Crippen molar-refractivity contribution in [2.75, 3.05) is 13.1 Å². The molecule has 0 radical (unpaired) electrons. The van der Waals surface area contributed by atoms with E-state index in [1.165, 1.54) is 32.1 Å². The number of rotatable bonds is 4. The summed E-state index contributed by atoms with van der Waals surface area (Å²) in [6, 6.07) is 0.130. The van der Waals surface area contributed by atoms with Crippen molar-refractivity contribution < 1.29 is 4.79 Å². The maximum atomic E-state index is 11.3. The zero-order valence-electron chi connectivity index (χ0n) is 10.5. The first kappa shape index (κ1) is 12.7. The van der Waals surface area contributed by atoms with Gasteiger partial charge in [-0.25, -0.2) is 0 Å². The first-order valence-corrected chi connectivity index (χ1v) is 6.39. The van der Waals surface area contributed by atoms with Gasteiger partial charge in [0.15, 0.2) is 0 Å². The summed E-state index contributed by atoms with van der Waals surface area (Å²) in [5, 5.41) is 0. The van der Waals surface area contributed by atoms with E-state index in [0.29, 0.717) is 5.78 Å². The van der Waals surface area contributed by atoms with Gasteiger partial charge in [-0.15, -0.1) is 0 Å². The molecule has 2 unspecified atom stereocenters. The minimum Gasteiger partial charge on any atom is -0.298 e. The Labute approximate surface area is 94.0 Å². The van der Waals surface area contributed by atoms with Gasteiger partial charge in [0.05, 0.1) is 6.04 Å². The van der Waals surface area contributed by atoms with Crippen LogP contribution in [0.15, 0.2) is 0 Å². The summed E-state index contributed by atoms with van der Waals surface area (Å²) in [6.45, 7) is 8.24. The fraction of sp³-hybridized carbons (Fsp3) is 0.923. The lowest BCUT2D eigenvalue weighted by atomic mass is 9.96. The van der Waals surface area contributed by atoms with Crippen molar-refractivity contribution in [2.24, 2.45) is 5.92 Å². The van der Waals surface area contributed by atoms with Gasteiger partial charge in [0.25, 0.3) is 0 Å². The summed E-state index contributed by atoms with van der Waals surface area (Å²) in [5.74, 6) is 1.21. The molecule has 0 saturated carbocycles. The molecule has 1 fully saturated rings. The van der Waals surface area contributed by atoms with Crippen LogP contribution in [0.2, 0.25) is 0 Å². The average molecular weight is 211 g/mol. The molecule has 0 amide bonds. The van der Waals surface area contributed by atoms with Crippen LogP contribution in [0.1, 0.15) is 52.9 Å². The van der Waals surface area contributed by atoms with Crippen LogP contribution in [-0.2, 0) is 4.79 Å². The zero-order valence-corrected chi connectivity index (χ0v) is 10.5. The minimum absolute atomic E-state index is 0.130. The molecule has 2 nitrogen and oxygen atoms in total. The van der Waals surface area contributed by atoms with Gasteiger partial charge < -0.3 is 0 Å². The zero-order chi connectivity index (χ0) is 11.3. The van der Waals surface area contributed by atoms with E-state index in [2.05, 4.69) is 11.8 Å². The molecule has 1 heterocycles. The monoisotopic (exact) mass is 211 g/mol. The standard InChI is InChI=1S/C13H25NO/c1-4-6-13-7-5-9-14(10-8-13)11(2)12(3)15/h11,13H,4-10H2,1-3H3. The molecule has 88 valence electrons. The fourth-order valence-corrected chi connectivity index (χ4v) is 2.53. The third kappa shape index (κ3) is 3.94. The van der Waals surface area contributed by atoms with E-state index < -0.39 is 0 Å². The van der Waals surface area contributed by atoms with E-state index in [4.69, 9.17) is 0 Å². The number of carbonyl (C=O) groups is 1. The van der Waals surface area contributed by atoms with Crippen LogP contribution >= 0.6 is 0 Å². The summed E-state index contributed by atoms with van der Waals surface area (Å²) in [6.07, 6.45) is 6.57. The van der Waals surface area contributed by atoms with Crippen LogP contribution in [0.25, 0.3) is 0 Å². The summed E-state index contributed by atoms with van der Waals surface area (Å²) in [7, 11) is 0. The van der Waals surface area contributed by atoms with Crippen LogP contribution in [-0.4, -0.2) is 29.8 Å². The Morgan fingerprint density at radius 1 is 1.40 bits per heavy atom. The quantitative estimate of drug-likeness (QED) is 0.712. The number of Topliss-reactive ketones (excluding diaryl/α,β-unsaturated/α-hetero) is 1. The second-order valence-corrected chi connectivity index (χ2v) is 4.91. The van der Waals surface area contributed by atoms with E-state index in [1.807, 2.05) is 6.92 Å². The van der Waals surface area contributed by atoms with Gasteiger partial charge in [-0.05, 0) is 52.1 Å². The molecule has 0 aromatic carbocycles. The van der Waals surface area contributed by atoms with E-state index >= 15 is 0 Å². The van der Waals surface area contributed by atoms with E-state index in [0.717, 1.165) is 19.0 Å². The second-order valence-electron chi connectivity index (χ2n) is 4.91. The Bertz CT molecular complexity index is 203. The van der Waals surface area contributed by atoms with Gasteiger partial charge in [-0.1, -0.05) is 19.8 Å². The SMILES string of the molecule is CCCC1CCCN(C(C)C(C)=O)CC1. The molecule has 1 rings (SSSR count). The summed E-state index contributed by atoms with van der Waals surface area (Å²) >= 11 is 0. The second kappa shape index (κ2) is 6.26. The van der Waals surface area contributed by atoms with E-state index in [-0.39, 0.29) is 6.04 Å². The van der Waals surface area contributed by atoms with Gasteiger partial charge in [0.2, 0.25) is 0 Å². The molecule has 0 N–H and O–H groups in total. The maximum Gasteiger partial charge on any atom is 0.146 e. The van der Waals surface area contributed by atoms with Crippen LogP contribution in [0.4, 0.5) is 0 Å². The molecule has 2 atom stereocenters. The highest BCUT2D eigenvalue weighted by molar-refractivity contribution is 5.80. The largest absolute Gasteiger partial charge is 0.298 e. The predicted molar refractivity (Wildman–Crippen MR) is 64.0 cm³/mol. The molecule has 0 aromatic rings. The third-order valence-electron chi connectivity index (χ3n) is 3.72. The van der Waals surface area contributed by atoms with Crippen molar-refractivity contribution in [3.63, 3.8) is 0 Å². The van der Waals surface area contributed by atoms with Crippen LogP contribution in [0.3, 0.4) is 0 Å². The highest BCUT2D eigenvalue weighted by Crippen LogP contribution is 2.22. The lowest BCUT2D eigenvalue weighted by molar-refractivity contribution is -0.121. The Balaban J connectivity index is 2.41. The molecule has 2 heteroatoms. The van der Waals surface area contributed by atoms with Gasteiger partial charge in [-0.3, -0.25) is 9.69 Å². The summed E-state index contributed by atoms with van der Waals surface area (Å²) in [4.78, 5) is 13.7. The number of hydrogen-bond donors (Lipinski definition) is 0. The number of carbonyl (C=O) groups excluding carboxylic acids is 1. The minimum atomic E-state index is 0.130. The first-order valence-electron chi connectivity index (χ1n) is 6.39. The number of likely N-dealkylation sites (tertiary alicyclic amines) is 1. The molecule has 0 aromatic heterocycles. The smallest absolute Gasteiger partial charge is 0.146 e. The number of ketones is 1. The number of hydrogen-bond acceptors (Lipinski definition) is 2. The molecule has 1 saturated heterocycles. The molecule has 0 aliphatic carbocycles. The van der Waals surface area contributed by atoms with Gasteiger partial charge >= 0.3 is 0 Å². The molecular formula is C13H25NO. The molecule has 1 aliphatic heterocycles. The average Bonchev–Trinajstić information content (AvgIpc) is 2.43. The molecule has 1 aliphatic rings. The molecule has 0 bridgehead atoms. The normalized spacial score (nSPS) is 25.9. The van der Waals surface area contributed by atoms with Crippen LogP contribution in [0.5, 0.6) is 0 Å². The summed E-state index contributed by atoms with van der Waals surface area (Å²) < 4.78 is 0. The Morgan fingerprint density at radius 2 is 2.13 bits per heavy atom. The molecule has 0 spiro atoms. The lowest BCUT2D eigenvalue weighted by Crippen LogP contribution is -2.38. The van der Waals surface area contributed by atoms with Gasteiger partial charge in [-0.2, -0.15) is 0 Å². The van der Waals surface area contributed by atoms with Crippen LogP contribution < -0.4 is 0 Å². The Morgan fingerprint density at radius 3 is 2.73 bits per heavy atom. The van der Waals surface area contributed by atoms with Crippen molar-refractivity contribution >= 4 is 5.78 Å². The van der Waals surface area contributed by atoms with Crippen molar-refractivity contribution in [3.8, 4) is 0 Å². The highest BCUT2D eigenvalue weighted by atomic mass is 16.1.